The maximum atomic E-state index is 12.0. The minimum Gasteiger partial charge on any atom is -0.398 e. The molecule has 0 amide bonds. The first-order chi connectivity index (χ1) is 8.16. The number of halogens is 1. The highest BCUT2D eigenvalue weighted by Gasteiger charge is 2.07. The van der Waals surface area contributed by atoms with E-state index in [-0.39, 0.29) is 0 Å². The molecule has 0 fully saturated rings. The maximum Gasteiger partial charge on any atom is 0.0647 e. The van der Waals surface area contributed by atoms with Crippen molar-refractivity contribution in [1.82, 2.24) is 0 Å². The lowest BCUT2D eigenvalue weighted by Gasteiger charge is -2.03. The third-order valence-corrected chi connectivity index (χ3v) is 4.97. The molecule has 1 heterocycles. The van der Waals surface area contributed by atoms with Gasteiger partial charge in [-0.3, -0.25) is 4.21 Å². The molecule has 90 valence electrons. The highest BCUT2D eigenvalue weighted by atomic mass is 35.5. The van der Waals surface area contributed by atoms with Crippen LogP contribution in [-0.4, -0.2) is 9.96 Å². The molecule has 17 heavy (non-hydrogen) atoms. The zero-order chi connectivity index (χ0) is 12.3. The maximum absolute atomic E-state index is 12.0. The molecule has 0 saturated carbocycles. The van der Waals surface area contributed by atoms with Gasteiger partial charge in [0.25, 0.3) is 0 Å². The number of nitrogen functional groups attached to an aromatic ring is 1. The van der Waals surface area contributed by atoms with Gasteiger partial charge in [0.05, 0.1) is 21.5 Å². The number of hydrogen-bond acceptors (Lipinski definition) is 3. The Morgan fingerprint density at radius 2 is 2.18 bits per heavy atom. The lowest BCUT2D eigenvalue weighted by molar-refractivity contribution is 0.682. The van der Waals surface area contributed by atoms with Crippen LogP contribution in [0.3, 0.4) is 0 Å². The number of anilines is 1. The molecule has 0 radical (unpaired) electrons. The molecule has 2 rings (SSSR count). The summed E-state index contributed by atoms with van der Waals surface area (Å²) < 4.78 is 12.0. The highest BCUT2D eigenvalue weighted by molar-refractivity contribution is 7.85. The molecule has 1 unspecified atom stereocenters. The molecular formula is C12H12ClNOS2. The fourth-order valence-corrected chi connectivity index (χ4v) is 3.61. The fourth-order valence-electron chi connectivity index (χ4n) is 1.42. The van der Waals surface area contributed by atoms with Crippen molar-refractivity contribution in [3.05, 3.63) is 45.6 Å². The van der Waals surface area contributed by atoms with Gasteiger partial charge in [-0.25, -0.2) is 0 Å². The Balaban J connectivity index is 2.02. The summed E-state index contributed by atoms with van der Waals surface area (Å²) in [6.07, 6.45) is 0.826. The summed E-state index contributed by atoms with van der Waals surface area (Å²) in [7, 11) is -1.02. The molecule has 5 heteroatoms. The second-order valence-corrected chi connectivity index (χ2v) is 6.57. The number of thiophene rings is 1. The molecule has 1 atom stereocenters. The second-order valence-electron chi connectivity index (χ2n) is 3.56. The van der Waals surface area contributed by atoms with Gasteiger partial charge in [0.1, 0.15) is 0 Å². The topological polar surface area (TPSA) is 43.1 Å². The van der Waals surface area contributed by atoms with Crippen LogP contribution in [0.25, 0.3) is 0 Å². The fraction of sp³-hybridized carbons (Fsp3) is 0.167. The summed E-state index contributed by atoms with van der Waals surface area (Å²) in [6.45, 7) is 0. The summed E-state index contributed by atoms with van der Waals surface area (Å²) in [5.41, 5.74) is 6.13. The molecule has 2 N–H and O–H groups in total. The largest absolute Gasteiger partial charge is 0.398 e. The summed E-state index contributed by atoms with van der Waals surface area (Å²) >= 11 is 7.59. The first-order valence-electron chi connectivity index (χ1n) is 5.12. The molecule has 1 aromatic heterocycles. The van der Waals surface area contributed by atoms with Gasteiger partial charge in [0.15, 0.2) is 0 Å². The average molecular weight is 286 g/mol. The smallest absolute Gasteiger partial charge is 0.0647 e. The van der Waals surface area contributed by atoms with E-state index in [9.17, 15) is 4.21 Å². The summed E-state index contributed by atoms with van der Waals surface area (Å²) in [5.74, 6) is 0.612. The van der Waals surface area contributed by atoms with E-state index in [4.69, 9.17) is 17.3 Å². The molecule has 0 bridgehead atoms. The minimum absolute atomic E-state index is 0.465. The third kappa shape index (κ3) is 3.31. The minimum atomic E-state index is -1.02. The molecular weight excluding hydrogens is 274 g/mol. The predicted octanol–water partition coefficient (Wildman–Crippen LogP) is 3.33. The molecule has 0 aliphatic heterocycles. The third-order valence-electron chi connectivity index (χ3n) is 2.35. The Morgan fingerprint density at radius 3 is 2.82 bits per heavy atom. The van der Waals surface area contributed by atoms with E-state index in [2.05, 4.69) is 6.07 Å². The van der Waals surface area contributed by atoms with Gasteiger partial charge in [-0.2, -0.15) is 0 Å². The van der Waals surface area contributed by atoms with E-state index in [1.54, 1.807) is 29.5 Å². The average Bonchev–Trinajstić information content (AvgIpc) is 2.82. The van der Waals surface area contributed by atoms with Gasteiger partial charge >= 0.3 is 0 Å². The predicted molar refractivity (Wildman–Crippen MR) is 75.2 cm³/mol. The number of hydrogen-bond donors (Lipinski definition) is 1. The Kier molecular flexibility index (Phi) is 4.20. The quantitative estimate of drug-likeness (QED) is 0.876. The number of nitrogens with two attached hydrogens (primary N) is 1. The lowest BCUT2D eigenvalue weighted by atomic mass is 10.3. The van der Waals surface area contributed by atoms with Gasteiger partial charge < -0.3 is 5.73 Å². The Hall–Kier alpha value is -0.840. The monoisotopic (exact) mass is 285 g/mol. The van der Waals surface area contributed by atoms with Gasteiger partial charge in [-0.1, -0.05) is 17.7 Å². The van der Waals surface area contributed by atoms with E-state index < -0.39 is 10.8 Å². The molecule has 0 aliphatic carbocycles. The van der Waals surface area contributed by atoms with Gasteiger partial charge in [-0.05, 0) is 36.1 Å². The van der Waals surface area contributed by atoms with Crippen molar-refractivity contribution in [2.24, 2.45) is 0 Å². The SMILES string of the molecule is Nc1ccc(S(=O)CCc2cccs2)cc1Cl. The van der Waals surface area contributed by atoms with Crippen LogP contribution in [0.5, 0.6) is 0 Å². The first-order valence-corrected chi connectivity index (χ1v) is 7.70. The van der Waals surface area contributed by atoms with Crippen molar-refractivity contribution < 1.29 is 4.21 Å². The van der Waals surface area contributed by atoms with Crippen molar-refractivity contribution in [1.29, 1.82) is 0 Å². The molecule has 1 aromatic carbocycles. The number of rotatable bonds is 4. The molecule has 0 saturated heterocycles. The van der Waals surface area contributed by atoms with E-state index in [0.717, 1.165) is 11.3 Å². The van der Waals surface area contributed by atoms with Crippen LogP contribution in [0, 0.1) is 0 Å². The van der Waals surface area contributed by atoms with Gasteiger partial charge in [-0.15, -0.1) is 11.3 Å². The number of aryl methyl sites for hydroxylation is 1. The van der Waals surface area contributed by atoms with Crippen LogP contribution in [0.1, 0.15) is 4.88 Å². The van der Waals surface area contributed by atoms with E-state index in [1.165, 1.54) is 4.88 Å². The summed E-state index contributed by atoms with van der Waals surface area (Å²) in [5, 5.41) is 2.49. The first kappa shape index (κ1) is 12.6. The summed E-state index contributed by atoms with van der Waals surface area (Å²) in [6, 6.07) is 9.20. The molecule has 0 aliphatic rings. The van der Waals surface area contributed by atoms with E-state index >= 15 is 0 Å². The van der Waals surface area contributed by atoms with Crippen LogP contribution in [0.15, 0.2) is 40.6 Å². The molecule has 2 nitrogen and oxygen atoms in total. The van der Waals surface area contributed by atoms with E-state index in [0.29, 0.717) is 16.5 Å². The Bertz CT molecular complexity index is 525. The zero-order valence-electron chi connectivity index (χ0n) is 9.06. The second kappa shape index (κ2) is 5.67. The van der Waals surface area contributed by atoms with Gasteiger partial charge in [0.2, 0.25) is 0 Å². The van der Waals surface area contributed by atoms with E-state index in [1.807, 2.05) is 11.4 Å². The Morgan fingerprint density at radius 1 is 1.35 bits per heavy atom. The van der Waals surface area contributed by atoms with Crippen molar-refractivity contribution in [2.45, 2.75) is 11.3 Å². The van der Waals surface area contributed by atoms with Crippen molar-refractivity contribution in [3.8, 4) is 0 Å². The highest BCUT2D eigenvalue weighted by Crippen LogP contribution is 2.22. The molecule has 2 aromatic rings. The van der Waals surface area contributed by atoms with Crippen molar-refractivity contribution in [3.63, 3.8) is 0 Å². The lowest BCUT2D eigenvalue weighted by Crippen LogP contribution is -2.01. The molecule has 0 spiro atoms. The normalized spacial score (nSPS) is 12.5. The van der Waals surface area contributed by atoms with Crippen molar-refractivity contribution in [2.75, 3.05) is 11.5 Å². The van der Waals surface area contributed by atoms with Crippen LogP contribution >= 0.6 is 22.9 Å². The van der Waals surface area contributed by atoms with Crippen LogP contribution < -0.4 is 5.73 Å². The van der Waals surface area contributed by atoms with Crippen molar-refractivity contribution >= 4 is 39.4 Å². The van der Waals surface area contributed by atoms with Gasteiger partial charge in [0, 0.05) is 15.5 Å². The van der Waals surface area contributed by atoms with Crippen LogP contribution in [-0.2, 0) is 17.2 Å². The number of benzene rings is 1. The van der Waals surface area contributed by atoms with Crippen LogP contribution in [0.2, 0.25) is 5.02 Å². The van der Waals surface area contributed by atoms with Crippen LogP contribution in [0.4, 0.5) is 5.69 Å². The Labute approximate surface area is 112 Å². The standard InChI is InChI=1S/C12H12ClNOS2/c13-11-8-10(3-4-12(11)14)17(15)7-5-9-2-1-6-16-9/h1-4,6,8H,5,7,14H2. The zero-order valence-corrected chi connectivity index (χ0v) is 11.4. The summed E-state index contributed by atoms with van der Waals surface area (Å²) in [4.78, 5) is 1.99.